The van der Waals surface area contributed by atoms with Gasteiger partial charge in [0, 0.05) is 6.42 Å². The van der Waals surface area contributed by atoms with Crippen LogP contribution in [0.15, 0.2) is 0 Å². The quantitative estimate of drug-likeness (QED) is 0.545. The normalized spacial score (nSPS) is 15.2. The second kappa shape index (κ2) is 4.32. The van der Waals surface area contributed by atoms with Crippen LogP contribution < -0.4 is 0 Å². The molecule has 1 radical (unpaired) electrons. The van der Waals surface area contributed by atoms with Crippen LogP contribution in [0.25, 0.3) is 0 Å². The lowest BCUT2D eigenvalue weighted by molar-refractivity contribution is 0.0518. The molecule has 0 saturated carbocycles. The molecule has 0 amide bonds. The van der Waals surface area contributed by atoms with Gasteiger partial charge in [-0.25, -0.2) is 0 Å². The Morgan fingerprint density at radius 2 is 2.20 bits per heavy atom. The van der Waals surface area contributed by atoms with Gasteiger partial charge in [0.05, 0.1) is 6.61 Å². The monoisotopic (exact) mass is 141 g/mol. The molecule has 1 atom stereocenters. The zero-order valence-corrected chi connectivity index (χ0v) is 6.22. The number of aliphatic hydroxyl groups is 2. The third-order valence-electron chi connectivity index (χ3n) is 0.967. The molecule has 2 heteroatoms. The Bertz CT molecular complexity index is 139. The van der Waals surface area contributed by atoms with Crippen LogP contribution in [0.1, 0.15) is 19.8 Å². The van der Waals surface area contributed by atoms with Crippen LogP contribution in [-0.4, -0.2) is 22.4 Å². The fourth-order valence-electron chi connectivity index (χ4n) is 0.381. The maximum Gasteiger partial charge on any atom is 0.145 e. The molecule has 0 heterocycles. The topological polar surface area (TPSA) is 40.5 Å². The summed E-state index contributed by atoms with van der Waals surface area (Å²) < 4.78 is 0. The molecule has 2 nitrogen and oxygen atoms in total. The van der Waals surface area contributed by atoms with E-state index in [0.29, 0.717) is 6.42 Å². The van der Waals surface area contributed by atoms with E-state index in [0.717, 1.165) is 6.42 Å². The first-order chi connectivity index (χ1) is 4.62. The van der Waals surface area contributed by atoms with Crippen molar-refractivity contribution < 1.29 is 10.2 Å². The van der Waals surface area contributed by atoms with Crippen LogP contribution in [0.2, 0.25) is 0 Å². The molecule has 1 unspecified atom stereocenters. The number of aliphatic hydroxyl groups excluding tert-OH is 1. The van der Waals surface area contributed by atoms with Crippen molar-refractivity contribution in [1.29, 1.82) is 0 Å². The molecule has 0 bridgehead atoms. The lowest BCUT2D eigenvalue weighted by atomic mass is 10.1. The fourth-order valence-corrected chi connectivity index (χ4v) is 0.381. The summed E-state index contributed by atoms with van der Waals surface area (Å²) >= 11 is 0. The Morgan fingerprint density at radius 1 is 1.60 bits per heavy atom. The van der Waals surface area contributed by atoms with Crippen molar-refractivity contribution in [2.24, 2.45) is 0 Å². The summed E-state index contributed by atoms with van der Waals surface area (Å²) in [6.45, 7) is 4.74. The maximum absolute atomic E-state index is 9.11. The van der Waals surface area contributed by atoms with E-state index >= 15 is 0 Å². The number of hydrogen-bond donors (Lipinski definition) is 2. The lowest BCUT2D eigenvalue weighted by Gasteiger charge is -2.10. The van der Waals surface area contributed by atoms with Gasteiger partial charge in [-0.15, -0.1) is 5.92 Å². The third kappa shape index (κ3) is 4.37. The fraction of sp³-hybridized carbons (Fsp3) is 0.625. The highest BCUT2D eigenvalue weighted by Crippen LogP contribution is 1.98. The van der Waals surface area contributed by atoms with Gasteiger partial charge in [0.2, 0.25) is 0 Å². The van der Waals surface area contributed by atoms with Crippen LogP contribution in [0.3, 0.4) is 0 Å². The molecule has 0 spiro atoms. The van der Waals surface area contributed by atoms with Crippen molar-refractivity contribution in [3.05, 3.63) is 6.92 Å². The summed E-state index contributed by atoms with van der Waals surface area (Å²) in [6, 6.07) is 0. The molecule has 0 aromatic rings. The average molecular weight is 141 g/mol. The van der Waals surface area contributed by atoms with Crippen molar-refractivity contribution in [1.82, 2.24) is 0 Å². The maximum atomic E-state index is 9.11. The van der Waals surface area contributed by atoms with Crippen molar-refractivity contribution >= 4 is 0 Å². The molecule has 2 N–H and O–H groups in total. The number of rotatable bonds is 2. The minimum absolute atomic E-state index is 0.322. The van der Waals surface area contributed by atoms with Crippen LogP contribution in [-0.2, 0) is 0 Å². The molecule has 0 aliphatic rings. The van der Waals surface area contributed by atoms with E-state index in [1.807, 2.05) is 0 Å². The molecule has 0 aromatic heterocycles. The van der Waals surface area contributed by atoms with Crippen molar-refractivity contribution in [3.63, 3.8) is 0 Å². The zero-order valence-electron chi connectivity index (χ0n) is 6.22. The van der Waals surface area contributed by atoms with Gasteiger partial charge in [-0.1, -0.05) is 12.8 Å². The molecule has 0 aliphatic carbocycles. The van der Waals surface area contributed by atoms with Crippen LogP contribution in [0.4, 0.5) is 0 Å². The summed E-state index contributed by atoms with van der Waals surface area (Å²) in [5, 5.41) is 17.6. The van der Waals surface area contributed by atoms with E-state index in [-0.39, 0.29) is 6.61 Å². The van der Waals surface area contributed by atoms with E-state index in [1.165, 1.54) is 6.92 Å². The summed E-state index contributed by atoms with van der Waals surface area (Å²) in [6.07, 6.45) is 1.39. The van der Waals surface area contributed by atoms with Gasteiger partial charge in [-0.2, -0.15) is 0 Å². The van der Waals surface area contributed by atoms with Crippen molar-refractivity contribution in [2.75, 3.05) is 6.61 Å². The first-order valence-electron chi connectivity index (χ1n) is 3.25. The summed E-state index contributed by atoms with van der Waals surface area (Å²) in [5.74, 6) is 5.23. The van der Waals surface area contributed by atoms with E-state index in [2.05, 4.69) is 18.8 Å². The number of unbranched alkanes of at least 4 members (excludes halogenated alkanes) is 1. The molecule has 0 rings (SSSR count). The van der Waals surface area contributed by atoms with Gasteiger partial charge < -0.3 is 10.2 Å². The molecular formula is C8H13O2. The first-order valence-corrected chi connectivity index (χ1v) is 3.25. The summed E-state index contributed by atoms with van der Waals surface area (Å²) in [7, 11) is 0. The van der Waals surface area contributed by atoms with E-state index in [9.17, 15) is 0 Å². The average Bonchev–Trinajstić information content (AvgIpc) is 1.89. The van der Waals surface area contributed by atoms with Gasteiger partial charge in [0.15, 0.2) is 0 Å². The Labute approximate surface area is 61.9 Å². The Kier molecular flexibility index (Phi) is 4.10. The van der Waals surface area contributed by atoms with Gasteiger partial charge in [0.1, 0.15) is 5.60 Å². The number of hydrogen-bond acceptors (Lipinski definition) is 2. The molecule has 0 aliphatic heterocycles. The Balaban J connectivity index is 3.77. The molecule has 57 valence electrons. The minimum atomic E-state index is -1.24. The molecule has 10 heavy (non-hydrogen) atoms. The van der Waals surface area contributed by atoms with E-state index in [1.54, 1.807) is 0 Å². The zero-order chi connectivity index (χ0) is 8.04. The third-order valence-corrected chi connectivity index (χ3v) is 0.967. The largest absolute Gasteiger partial charge is 0.392 e. The highest BCUT2D eigenvalue weighted by molar-refractivity contribution is 5.11. The predicted octanol–water partition coefficient (Wildman–Crippen LogP) is 0.347. The standard InChI is InChI=1S/C8H13O2/c1-3-4-5-6-8(2,10)7-9/h9-10H,1,3-4,7H2,2H3. The highest BCUT2D eigenvalue weighted by Gasteiger charge is 2.13. The van der Waals surface area contributed by atoms with Gasteiger partial charge in [-0.05, 0) is 13.3 Å². The summed E-state index contributed by atoms with van der Waals surface area (Å²) in [4.78, 5) is 0. The second-order valence-corrected chi connectivity index (χ2v) is 2.34. The smallest absolute Gasteiger partial charge is 0.145 e. The lowest BCUT2D eigenvalue weighted by Crippen LogP contribution is -2.26. The molecular weight excluding hydrogens is 128 g/mol. The minimum Gasteiger partial charge on any atom is -0.392 e. The first kappa shape index (κ1) is 9.48. The van der Waals surface area contributed by atoms with Gasteiger partial charge in [-0.3, -0.25) is 0 Å². The molecule has 0 aromatic carbocycles. The van der Waals surface area contributed by atoms with Crippen LogP contribution in [0.5, 0.6) is 0 Å². The van der Waals surface area contributed by atoms with Crippen LogP contribution >= 0.6 is 0 Å². The second-order valence-electron chi connectivity index (χ2n) is 2.34. The Hall–Kier alpha value is -0.520. The molecule has 0 fully saturated rings. The predicted molar refractivity (Wildman–Crippen MR) is 40.1 cm³/mol. The highest BCUT2D eigenvalue weighted by atomic mass is 16.3. The Morgan fingerprint density at radius 3 is 2.60 bits per heavy atom. The van der Waals surface area contributed by atoms with E-state index < -0.39 is 5.60 Å². The SMILES string of the molecule is [CH2]CCC#CC(C)(O)CO. The van der Waals surface area contributed by atoms with Gasteiger partial charge in [0.25, 0.3) is 0 Å². The van der Waals surface area contributed by atoms with Crippen molar-refractivity contribution in [2.45, 2.75) is 25.4 Å². The van der Waals surface area contributed by atoms with E-state index in [4.69, 9.17) is 10.2 Å². The summed E-state index contributed by atoms with van der Waals surface area (Å²) in [5.41, 5.74) is -1.24. The van der Waals surface area contributed by atoms with Gasteiger partial charge >= 0.3 is 0 Å². The molecule has 0 saturated heterocycles. The van der Waals surface area contributed by atoms with Crippen molar-refractivity contribution in [3.8, 4) is 11.8 Å². The van der Waals surface area contributed by atoms with Crippen LogP contribution in [0, 0.1) is 18.8 Å².